The van der Waals surface area contributed by atoms with Crippen LogP contribution in [0.5, 0.6) is 0 Å². The number of rotatable bonds is 0. The van der Waals surface area contributed by atoms with E-state index in [2.05, 4.69) is 0 Å². The maximum atomic E-state index is 0. The number of hydrogen-bond donors (Lipinski definition) is 0. The zero-order valence-corrected chi connectivity index (χ0v) is 9.95. The SMILES string of the molecule is [Ag].[Au].[Cu].[Pd].[Pt]. The normalized spacial score (nSPS) is 0. The molecule has 0 aromatic heterocycles. The second-order valence-electron chi connectivity index (χ2n) is 0. The molecule has 0 aromatic carbocycles. The van der Waals surface area contributed by atoms with Gasteiger partial charge in [0.2, 0.25) is 0 Å². The molecule has 0 atom stereocenters. The minimum atomic E-state index is 0. The van der Waals surface area contributed by atoms with Crippen LogP contribution >= 0.6 is 0 Å². The van der Waals surface area contributed by atoms with Crippen molar-refractivity contribution in [1.29, 1.82) is 0 Å². The van der Waals surface area contributed by atoms with Gasteiger partial charge in [-0.2, -0.15) is 0 Å². The van der Waals surface area contributed by atoms with Crippen LogP contribution in [0.4, 0.5) is 0 Å². The molecule has 0 aliphatic rings. The molecule has 0 aliphatic heterocycles. The summed E-state index contributed by atoms with van der Waals surface area (Å²) < 4.78 is 0. The van der Waals surface area contributed by atoms with E-state index in [0.717, 1.165) is 0 Å². The molecular weight excluding hydrogens is 670 g/mol. The maximum Gasteiger partial charge on any atom is 0 e. The van der Waals surface area contributed by atoms with E-state index in [1.54, 1.807) is 0 Å². The predicted molar refractivity (Wildman–Crippen MR) is 0 cm³/mol. The van der Waals surface area contributed by atoms with Crippen LogP contribution in [-0.2, 0) is 103 Å². The van der Waals surface area contributed by atoms with Crippen LogP contribution in [0.2, 0.25) is 0 Å². The van der Waals surface area contributed by atoms with Gasteiger partial charge in [0.15, 0.2) is 0 Å². The Balaban J connectivity index is 0. The van der Waals surface area contributed by atoms with Crippen LogP contribution in [0.3, 0.4) is 0 Å². The van der Waals surface area contributed by atoms with Gasteiger partial charge in [0.25, 0.3) is 0 Å². The molecule has 0 rings (SSSR count). The van der Waals surface area contributed by atoms with E-state index in [4.69, 9.17) is 0 Å². The average Bonchev–Trinajstić information content (AvgIpc) is 0. The van der Waals surface area contributed by atoms with E-state index in [1.165, 1.54) is 0 Å². The van der Waals surface area contributed by atoms with Crippen molar-refractivity contribution in [3.63, 3.8) is 0 Å². The zero-order valence-electron chi connectivity index (χ0n) is 1.54. The maximum absolute atomic E-state index is 0. The Hall–Kier alpha value is 3.35. The monoisotopic (exact) mass is 668 g/mol. The van der Waals surface area contributed by atoms with Gasteiger partial charge in [0.05, 0.1) is 0 Å². The summed E-state index contributed by atoms with van der Waals surface area (Å²) in [5.41, 5.74) is 0. The van der Waals surface area contributed by atoms with Crippen molar-refractivity contribution in [1.82, 2.24) is 0 Å². The third-order valence-electron chi connectivity index (χ3n) is 0. The molecule has 0 amide bonds. The Labute approximate surface area is 101 Å². The summed E-state index contributed by atoms with van der Waals surface area (Å²) in [7, 11) is 0. The molecule has 5 heteroatoms. The van der Waals surface area contributed by atoms with Crippen molar-refractivity contribution >= 4 is 0 Å². The van der Waals surface area contributed by atoms with Gasteiger partial charge in [-0.05, 0) is 0 Å². The summed E-state index contributed by atoms with van der Waals surface area (Å²) in [4.78, 5) is 0. The van der Waals surface area contributed by atoms with Gasteiger partial charge in [0.1, 0.15) is 0 Å². The molecule has 0 aromatic rings. The smallest absolute Gasteiger partial charge is 0 e. The molecule has 3 radical (unpaired) electrons. The van der Waals surface area contributed by atoms with Crippen LogP contribution in [0.1, 0.15) is 0 Å². The summed E-state index contributed by atoms with van der Waals surface area (Å²) in [5, 5.41) is 0. The molecule has 53 valence electrons. The van der Waals surface area contributed by atoms with Gasteiger partial charge in [-0.3, -0.25) is 0 Å². The van der Waals surface area contributed by atoms with Crippen LogP contribution in [0.15, 0.2) is 0 Å². The predicted octanol–water partition coefficient (Wildman–Crippen LogP) is -0.0125. The van der Waals surface area contributed by atoms with Gasteiger partial charge in [-0.15, -0.1) is 0 Å². The molecular formula is AgAuCuPdPt. The molecule has 0 nitrogen and oxygen atoms in total. The third kappa shape index (κ3) is 18.7. The molecule has 0 aliphatic carbocycles. The fourth-order valence-electron chi connectivity index (χ4n) is 0. The van der Waals surface area contributed by atoms with Crippen LogP contribution in [0, 0.1) is 0 Å². The fourth-order valence-corrected chi connectivity index (χ4v) is 0. The number of hydrogen-bond acceptors (Lipinski definition) is 0. The van der Waals surface area contributed by atoms with Gasteiger partial charge in [-0.25, -0.2) is 0 Å². The Morgan fingerprint density at radius 1 is 1.00 bits per heavy atom. The van der Waals surface area contributed by atoms with E-state index in [-0.39, 0.29) is 103 Å². The fraction of sp³-hybridized carbons (Fsp3) is 0. The van der Waals surface area contributed by atoms with Gasteiger partial charge >= 0.3 is 0 Å². The summed E-state index contributed by atoms with van der Waals surface area (Å²) >= 11 is 0. The molecule has 0 heterocycles. The Bertz CT molecular complexity index is 11.6. The summed E-state index contributed by atoms with van der Waals surface area (Å²) in [5.74, 6) is 0. The zero-order chi connectivity index (χ0) is 0. The third-order valence-corrected chi connectivity index (χ3v) is 0. The van der Waals surface area contributed by atoms with Crippen molar-refractivity contribution in [3.05, 3.63) is 0 Å². The van der Waals surface area contributed by atoms with Crippen molar-refractivity contribution in [2.75, 3.05) is 0 Å². The first-order valence-electron chi connectivity index (χ1n) is 0. The standard InChI is InChI=1S/Ag.Au.Cu.Pd.Pt. The molecule has 5 heavy (non-hydrogen) atoms. The molecule has 0 saturated carbocycles. The van der Waals surface area contributed by atoms with Gasteiger partial charge in [-0.1, -0.05) is 0 Å². The van der Waals surface area contributed by atoms with Crippen molar-refractivity contribution < 1.29 is 103 Å². The van der Waals surface area contributed by atoms with Crippen molar-refractivity contribution in [3.8, 4) is 0 Å². The van der Waals surface area contributed by atoms with Crippen LogP contribution in [-0.4, -0.2) is 0 Å². The topological polar surface area (TPSA) is 0 Å². The second-order valence-corrected chi connectivity index (χ2v) is 0. The van der Waals surface area contributed by atoms with Crippen LogP contribution in [0.25, 0.3) is 0 Å². The quantitative estimate of drug-likeness (QED) is 0.319. The van der Waals surface area contributed by atoms with E-state index >= 15 is 0 Å². The first-order valence-corrected chi connectivity index (χ1v) is 0. The Kier molecular flexibility index (Phi) is 212. The van der Waals surface area contributed by atoms with Gasteiger partial charge in [0, 0.05) is 103 Å². The van der Waals surface area contributed by atoms with E-state index < -0.39 is 0 Å². The molecule has 0 N–H and O–H groups in total. The van der Waals surface area contributed by atoms with E-state index in [9.17, 15) is 0 Å². The van der Waals surface area contributed by atoms with Crippen LogP contribution < -0.4 is 0 Å². The molecule has 0 fully saturated rings. The molecule has 0 saturated heterocycles. The summed E-state index contributed by atoms with van der Waals surface area (Å²) in [6, 6.07) is 0. The Morgan fingerprint density at radius 2 is 1.00 bits per heavy atom. The van der Waals surface area contributed by atoms with E-state index in [1.807, 2.05) is 0 Å². The van der Waals surface area contributed by atoms with E-state index in [0.29, 0.717) is 0 Å². The minimum absolute atomic E-state index is 0. The first kappa shape index (κ1) is 40.2. The molecule has 0 bridgehead atoms. The Morgan fingerprint density at radius 3 is 1.00 bits per heavy atom. The summed E-state index contributed by atoms with van der Waals surface area (Å²) in [6.07, 6.45) is 0. The molecule has 0 unspecified atom stereocenters. The van der Waals surface area contributed by atoms with Crippen molar-refractivity contribution in [2.45, 2.75) is 0 Å². The molecule has 0 spiro atoms. The average molecular weight is 670 g/mol. The van der Waals surface area contributed by atoms with Crippen molar-refractivity contribution in [2.24, 2.45) is 0 Å². The summed E-state index contributed by atoms with van der Waals surface area (Å²) in [6.45, 7) is 0. The largest absolute Gasteiger partial charge is 0 e. The second kappa shape index (κ2) is 26.4. The first-order chi connectivity index (χ1) is 0. The van der Waals surface area contributed by atoms with Gasteiger partial charge < -0.3 is 0 Å². The minimum Gasteiger partial charge on any atom is 0 e.